The Morgan fingerprint density at radius 2 is 2.10 bits per heavy atom. The maximum absolute atomic E-state index is 14.0. The maximum Gasteiger partial charge on any atom is 0.165 e. The second-order valence-corrected chi connectivity index (χ2v) is 5.85. The number of hydrogen-bond donors (Lipinski definition) is 1. The molecule has 1 aromatic rings. The molecule has 2 rings (SSSR count). The van der Waals surface area contributed by atoms with Crippen LogP contribution in [0, 0.1) is 5.82 Å². The van der Waals surface area contributed by atoms with Crippen molar-refractivity contribution in [2.24, 2.45) is 0 Å². The fourth-order valence-corrected chi connectivity index (χ4v) is 2.96. The minimum atomic E-state index is -0.307. The molecule has 0 radical (unpaired) electrons. The molecule has 0 aliphatic heterocycles. The Hall–Kier alpha value is -1.13. The summed E-state index contributed by atoms with van der Waals surface area (Å²) in [7, 11) is 3.27. The van der Waals surface area contributed by atoms with E-state index in [2.05, 4.69) is 12.2 Å². The first-order valence-corrected chi connectivity index (χ1v) is 7.76. The van der Waals surface area contributed by atoms with Gasteiger partial charge in [-0.1, -0.05) is 13.0 Å². The minimum absolute atomic E-state index is 0.0399. The predicted octanol–water partition coefficient (Wildman–Crippen LogP) is 3.83. The van der Waals surface area contributed by atoms with Gasteiger partial charge in [0.15, 0.2) is 11.6 Å². The van der Waals surface area contributed by atoms with E-state index in [1.807, 2.05) is 6.07 Å². The zero-order chi connectivity index (χ0) is 15.3. The van der Waals surface area contributed by atoms with Crippen LogP contribution in [0.4, 0.5) is 4.39 Å². The quantitative estimate of drug-likeness (QED) is 0.790. The number of methoxy groups -OCH3 is 2. The average molecular weight is 295 g/mol. The van der Waals surface area contributed by atoms with Crippen molar-refractivity contribution in [2.75, 3.05) is 20.8 Å². The van der Waals surface area contributed by atoms with Crippen LogP contribution in [0.1, 0.15) is 50.6 Å². The van der Waals surface area contributed by atoms with E-state index in [1.54, 1.807) is 19.2 Å². The van der Waals surface area contributed by atoms with Gasteiger partial charge in [-0.2, -0.15) is 0 Å². The van der Waals surface area contributed by atoms with E-state index in [0.29, 0.717) is 0 Å². The van der Waals surface area contributed by atoms with Gasteiger partial charge in [-0.25, -0.2) is 4.39 Å². The second-order valence-electron chi connectivity index (χ2n) is 5.85. The summed E-state index contributed by atoms with van der Waals surface area (Å²) in [4.78, 5) is 0. The van der Waals surface area contributed by atoms with E-state index in [9.17, 15) is 4.39 Å². The summed E-state index contributed by atoms with van der Waals surface area (Å²) in [5.74, 6) is -0.0172. The lowest BCUT2D eigenvalue weighted by Crippen LogP contribution is -2.43. The molecule has 0 spiro atoms. The number of nitrogens with one attached hydrogen (secondary N) is 1. The highest BCUT2D eigenvalue weighted by Gasteiger charge is 2.39. The van der Waals surface area contributed by atoms with Crippen LogP contribution in [0.2, 0.25) is 0 Å². The summed E-state index contributed by atoms with van der Waals surface area (Å²) >= 11 is 0. The van der Waals surface area contributed by atoms with Crippen LogP contribution < -0.4 is 10.1 Å². The zero-order valence-corrected chi connectivity index (χ0v) is 13.2. The highest BCUT2D eigenvalue weighted by atomic mass is 19.1. The predicted molar refractivity (Wildman–Crippen MR) is 82.2 cm³/mol. The van der Waals surface area contributed by atoms with Crippen molar-refractivity contribution in [3.05, 3.63) is 29.6 Å². The topological polar surface area (TPSA) is 30.5 Å². The van der Waals surface area contributed by atoms with Crippen LogP contribution in [0.15, 0.2) is 18.2 Å². The van der Waals surface area contributed by atoms with Crippen molar-refractivity contribution in [3.63, 3.8) is 0 Å². The first-order valence-electron chi connectivity index (χ1n) is 7.76. The Balaban J connectivity index is 2.16. The van der Waals surface area contributed by atoms with Gasteiger partial charge in [0.25, 0.3) is 0 Å². The molecule has 1 aliphatic rings. The third-order valence-corrected chi connectivity index (χ3v) is 4.49. The number of benzene rings is 1. The number of ether oxygens (including phenoxy) is 2. The Labute approximate surface area is 126 Å². The normalized spacial score (nSPS) is 18.1. The number of hydrogen-bond acceptors (Lipinski definition) is 3. The fourth-order valence-electron chi connectivity index (χ4n) is 2.96. The van der Waals surface area contributed by atoms with Crippen LogP contribution in [0.3, 0.4) is 0 Å². The summed E-state index contributed by atoms with van der Waals surface area (Å²) < 4.78 is 24.7. The molecule has 1 unspecified atom stereocenters. The lowest BCUT2D eigenvalue weighted by molar-refractivity contribution is -0.0838. The molecule has 0 bridgehead atoms. The van der Waals surface area contributed by atoms with Crippen LogP contribution in [-0.2, 0) is 4.74 Å². The molecule has 0 heterocycles. The van der Waals surface area contributed by atoms with Crippen LogP contribution in [0.25, 0.3) is 0 Å². The highest BCUT2D eigenvalue weighted by molar-refractivity contribution is 5.31. The molecule has 1 aromatic carbocycles. The number of halogens is 1. The summed E-state index contributed by atoms with van der Waals surface area (Å²) in [6, 6.07) is 5.34. The fraction of sp³-hybridized carbons (Fsp3) is 0.647. The van der Waals surface area contributed by atoms with Crippen molar-refractivity contribution in [2.45, 2.75) is 50.7 Å². The van der Waals surface area contributed by atoms with Crippen molar-refractivity contribution in [1.82, 2.24) is 5.32 Å². The van der Waals surface area contributed by atoms with E-state index < -0.39 is 0 Å². The molecule has 1 fully saturated rings. The lowest BCUT2D eigenvalue weighted by Gasteiger charge is -2.43. The third-order valence-electron chi connectivity index (χ3n) is 4.49. The first-order chi connectivity index (χ1) is 10.1. The van der Waals surface area contributed by atoms with E-state index in [-0.39, 0.29) is 23.2 Å². The maximum atomic E-state index is 14.0. The van der Waals surface area contributed by atoms with Crippen LogP contribution in [-0.4, -0.2) is 26.4 Å². The van der Waals surface area contributed by atoms with Gasteiger partial charge < -0.3 is 14.8 Å². The second kappa shape index (κ2) is 7.23. The van der Waals surface area contributed by atoms with Gasteiger partial charge in [-0.15, -0.1) is 0 Å². The molecule has 1 N–H and O–H groups in total. The Kier molecular flexibility index (Phi) is 5.59. The average Bonchev–Trinajstić information content (AvgIpc) is 2.46. The molecule has 1 saturated carbocycles. The molecule has 1 aliphatic carbocycles. The van der Waals surface area contributed by atoms with Crippen molar-refractivity contribution < 1.29 is 13.9 Å². The van der Waals surface area contributed by atoms with E-state index in [0.717, 1.165) is 37.8 Å². The summed E-state index contributed by atoms with van der Waals surface area (Å²) in [6.45, 7) is 3.05. The van der Waals surface area contributed by atoms with E-state index >= 15 is 0 Å². The molecule has 21 heavy (non-hydrogen) atoms. The monoisotopic (exact) mass is 295 g/mol. The van der Waals surface area contributed by atoms with Gasteiger partial charge >= 0.3 is 0 Å². The molecular weight excluding hydrogens is 269 g/mol. The van der Waals surface area contributed by atoms with Gasteiger partial charge in [0, 0.05) is 13.2 Å². The molecule has 118 valence electrons. The van der Waals surface area contributed by atoms with E-state index in [4.69, 9.17) is 9.47 Å². The molecule has 0 aromatic heterocycles. The SMILES string of the molecule is CCCNC(CC1(OC)CCC1)c1ccc(OC)c(F)c1. The molecular formula is C17H26FNO2. The molecule has 3 nitrogen and oxygen atoms in total. The third kappa shape index (κ3) is 3.74. The van der Waals surface area contributed by atoms with E-state index in [1.165, 1.54) is 13.5 Å². The molecule has 1 atom stereocenters. The van der Waals surface area contributed by atoms with Crippen molar-refractivity contribution >= 4 is 0 Å². The summed E-state index contributed by atoms with van der Waals surface area (Å²) in [5.41, 5.74) is 0.923. The summed E-state index contributed by atoms with van der Waals surface area (Å²) in [5, 5.41) is 3.52. The van der Waals surface area contributed by atoms with Crippen molar-refractivity contribution in [3.8, 4) is 5.75 Å². The highest BCUT2D eigenvalue weighted by Crippen LogP contribution is 2.42. The Morgan fingerprint density at radius 1 is 1.33 bits per heavy atom. The molecule has 0 amide bonds. The number of rotatable bonds is 8. The van der Waals surface area contributed by atoms with Gasteiger partial charge in [0.2, 0.25) is 0 Å². The van der Waals surface area contributed by atoms with Gasteiger partial charge in [-0.3, -0.25) is 0 Å². The van der Waals surface area contributed by atoms with Crippen molar-refractivity contribution in [1.29, 1.82) is 0 Å². The molecule has 0 saturated heterocycles. The first kappa shape index (κ1) is 16.2. The van der Waals surface area contributed by atoms with Crippen LogP contribution >= 0.6 is 0 Å². The van der Waals surface area contributed by atoms with Gasteiger partial charge in [0.1, 0.15) is 0 Å². The minimum Gasteiger partial charge on any atom is -0.494 e. The molecule has 4 heteroatoms. The van der Waals surface area contributed by atoms with Gasteiger partial charge in [0.05, 0.1) is 12.7 Å². The summed E-state index contributed by atoms with van der Waals surface area (Å²) in [6.07, 6.45) is 5.33. The largest absolute Gasteiger partial charge is 0.494 e. The Bertz CT molecular complexity index is 455. The Morgan fingerprint density at radius 3 is 2.57 bits per heavy atom. The zero-order valence-electron chi connectivity index (χ0n) is 13.2. The van der Waals surface area contributed by atoms with Crippen LogP contribution in [0.5, 0.6) is 5.75 Å². The standard InChI is InChI=1S/C17H26FNO2/c1-4-10-19-15(12-17(21-3)8-5-9-17)13-6-7-16(20-2)14(18)11-13/h6-7,11,15,19H,4-5,8-10,12H2,1-3H3. The lowest BCUT2D eigenvalue weighted by atomic mass is 9.74. The smallest absolute Gasteiger partial charge is 0.165 e. The van der Waals surface area contributed by atoms with Gasteiger partial charge in [-0.05, 0) is 56.3 Å².